The van der Waals surface area contributed by atoms with Gasteiger partial charge >= 0.3 is 0 Å². The molecule has 1 aliphatic heterocycles. The fourth-order valence-electron chi connectivity index (χ4n) is 3.17. The van der Waals surface area contributed by atoms with E-state index in [2.05, 4.69) is 5.32 Å². The molecule has 1 aliphatic rings. The van der Waals surface area contributed by atoms with Crippen LogP contribution >= 0.6 is 0 Å². The van der Waals surface area contributed by atoms with Crippen LogP contribution in [-0.4, -0.2) is 37.8 Å². The van der Waals surface area contributed by atoms with Gasteiger partial charge in [0.1, 0.15) is 4.90 Å². The number of ether oxygens (including phenoxy) is 1. The first-order chi connectivity index (χ1) is 13.4. The summed E-state index contributed by atoms with van der Waals surface area (Å²) in [4.78, 5) is 10.5. The van der Waals surface area contributed by atoms with Crippen molar-refractivity contribution in [1.82, 2.24) is 4.31 Å². The van der Waals surface area contributed by atoms with Crippen LogP contribution in [0.25, 0.3) is 0 Å². The third kappa shape index (κ3) is 4.49. The van der Waals surface area contributed by atoms with Crippen molar-refractivity contribution < 1.29 is 18.1 Å². The zero-order chi connectivity index (χ0) is 20.1. The summed E-state index contributed by atoms with van der Waals surface area (Å²) in [6, 6.07) is 11.7. The molecule has 3 rings (SSSR count). The molecule has 2 aromatic rings. The number of nitro benzene ring substituents is 1. The number of nitrogens with one attached hydrogen (secondary N) is 1. The van der Waals surface area contributed by atoms with Crippen molar-refractivity contribution in [2.75, 3.05) is 25.5 Å². The van der Waals surface area contributed by atoms with Gasteiger partial charge in [0.25, 0.3) is 5.69 Å². The maximum atomic E-state index is 13.0. The highest BCUT2D eigenvalue weighted by Crippen LogP contribution is 2.31. The van der Waals surface area contributed by atoms with Crippen LogP contribution in [0.1, 0.15) is 24.0 Å². The Hall–Kier alpha value is -2.49. The molecule has 8 nitrogen and oxygen atoms in total. The Kier molecular flexibility index (Phi) is 6.28. The van der Waals surface area contributed by atoms with E-state index in [1.54, 1.807) is 7.11 Å². The van der Waals surface area contributed by atoms with Crippen LogP contribution in [0, 0.1) is 10.1 Å². The smallest absolute Gasteiger partial charge is 0.270 e. The van der Waals surface area contributed by atoms with Crippen LogP contribution in [0.4, 0.5) is 11.4 Å². The van der Waals surface area contributed by atoms with E-state index < -0.39 is 14.9 Å². The zero-order valence-electron chi connectivity index (χ0n) is 15.6. The highest BCUT2D eigenvalue weighted by Gasteiger charge is 2.30. The van der Waals surface area contributed by atoms with Crippen molar-refractivity contribution in [2.45, 2.75) is 30.9 Å². The predicted molar refractivity (Wildman–Crippen MR) is 106 cm³/mol. The number of hydrogen-bond acceptors (Lipinski definition) is 6. The van der Waals surface area contributed by atoms with E-state index in [0.29, 0.717) is 31.9 Å². The van der Waals surface area contributed by atoms with Gasteiger partial charge in [-0.2, -0.15) is 4.31 Å². The molecule has 1 fully saturated rings. The summed E-state index contributed by atoms with van der Waals surface area (Å²) >= 11 is 0. The monoisotopic (exact) mass is 405 g/mol. The average molecular weight is 405 g/mol. The standard InChI is InChI=1S/C19H23N3O5S/c1-27-14-16-6-4-15(5-7-16)13-20-18-9-8-17(22(23)24)12-19(18)28(25,26)21-10-2-3-11-21/h4-9,12,20H,2-3,10-11,13-14H2,1H3. The van der Waals surface area contributed by atoms with Gasteiger partial charge in [-0.25, -0.2) is 8.42 Å². The van der Waals surface area contributed by atoms with Gasteiger partial charge in [0.15, 0.2) is 0 Å². The summed E-state index contributed by atoms with van der Waals surface area (Å²) in [6.45, 7) is 1.79. The zero-order valence-corrected chi connectivity index (χ0v) is 16.4. The van der Waals surface area contributed by atoms with E-state index in [0.717, 1.165) is 30.0 Å². The molecule has 0 spiro atoms. The number of nitro groups is 1. The highest BCUT2D eigenvalue weighted by atomic mass is 32.2. The van der Waals surface area contributed by atoms with Crippen LogP contribution in [0.2, 0.25) is 0 Å². The number of hydrogen-bond donors (Lipinski definition) is 1. The molecule has 1 saturated heterocycles. The Morgan fingerprint density at radius 3 is 2.36 bits per heavy atom. The number of methoxy groups -OCH3 is 1. The second-order valence-electron chi connectivity index (χ2n) is 6.65. The maximum Gasteiger partial charge on any atom is 0.270 e. The van der Waals surface area contributed by atoms with E-state index in [-0.39, 0.29) is 10.6 Å². The molecule has 0 atom stereocenters. The first kappa shape index (κ1) is 20.2. The largest absolute Gasteiger partial charge is 0.380 e. The summed E-state index contributed by atoms with van der Waals surface area (Å²) in [7, 11) is -2.16. The highest BCUT2D eigenvalue weighted by molar-refractivity contribution is 7.89. The van der Waals surface area contributed by atoms with Gasteiger partial charge in [-0.05, 0) is 30.0 Å². The maximum absolute atomic E-state index is 13.0. The van der Waals surface area contributed by atoms with Gasteiger partial charge in [-0.1, -0.05) is 24.3 Å². The molecule has 150 valence electrons. The third-order valence-electron chi connectivity index (χ3n) is 4.68. The van der Waals surface area contributed by atoms with Gasteiger partial charge in [0, 0.05) is 38.9 Å². The van der Waals surface area contributed by atoms with Crippen molar-refractivity contribution >= 4 is 21.4 Å². The molecule has 0 aromatic heterocycles. The molecule has 0 saturated carbocycles. The van der Waals surface area contributed by atoms with Gasteiger partial charge in [-0.15, -0.1) is 0 Å². The lowest BCUT2D eigenvalue weighted by Crippen LogP contribution is -2.28. The molecule has 1 heterocycles. The molecule has 0 aliphatic carbocycles. The number of non-ortho nitro benzene ring substituents is 1. The van der Waals surface area contributed by atoms with Crippen molar-refractivity contribution in [3.63, 3.8) is 0 Å². The quantitative estimate of drug-likeness (QED) is 0.535. The third-order valence-corrected chi connectivity index (χ3v) is 6.61. The van der Waals surface area contributed by atoms with Crippen molar-refractivity contribution in [1.29, 1.82) is 0 Å². The lowest BCUT2D eigenvalue weighted by atomic mass is 10.1. The molecular weight excluding hydrogens is 382 g/mol. The fraction of sp³-hybridized carbons (Fsp3) is 0.368. The van der Waals surface area contributed by atoms with Gasteiger partial charge in [0.05, 0.1) is 17.2 Å². The molecule has 1 N–H and O–H groups in total. The minimum Gasteiger partial charge on any atom is -0.380 e. The van der Waals surface area contributed by atoms with Crippen LogP contribution < -0.4 is 5.32 Å². The van der Waals surface area contributed by atoms with E-state index in [1.807, 2.05) is 24.3 Å². The van der Waals surface area contributed by atoms with Gasteiger partial charge in [-0.3, -0.25) is 10.1 Å². The summed E-state index contributed by atoms with van der Waals surface area (Å²) in [6.07, 6.45) is 1.59. The van der Waals surface area contributed by atoms with Crippen molar-refractivity contribution in [3.05, 3.63) is 63.7 Å². The Bertz CT molecular complexity index is 939. The summed E-state index contributed by atoms with van der Waals surface area (Å²) in [5.41, 5.74) is 2.12. The van der Waals surface area contributed by atoms with E-state index in [9.17, 15) is 18.5 Å². The lowest BCUT2D eigenvalue weighted by molar-refractivity contribution is -0.385. The SMILES string of the molecule is COCc1ccc(CNc2ccc([N+](=O)[O-])cc2S(=O)(=O)N2CCCC2)cc1. The van der Waals surface area contributed by atoms with E-state index in [4.69, 9.17) is 4.74 Å². The Morgan fingerprint density at radius 2 is 1.75 bits per heavy atom. The van der Waals surface area contributed by atoms with Crippen molar-refractivity contribution in [3.8, 4) is 0 Å². The van der Waals surface area contributed by atoms with E-state index >= 15 is 0 Å². The Morgan fingerprint density at radius 1 is 1.11 bits per heavy atom. The van der Waals surface area contributed by atoms with E-state index in [1.165, 1.54) is 16.4 Å². The molecular formula is C19H23N3O5S. The molecule has 0 bridgehead atoms. The molecule has 2 aromatic carbocycles. The Labute approximate surface area is 164 Å². The molecule has 0 amide bonds. The molecule has 9 heteroatoms. The molecule has 0 unspecified atom stereocenters. The van der Waals surface area contributed by atoms with Gasteiger partial charge < -0.3 is 10.1 Å². The van der Waals surface area contributed by atoms with Crippen LogP contribution in [0.5, 0.6) is 0 Å². The first-order valence-electron chi connectivity index (χ1n) is 9.01. The van der Waals surface area contributed by atoms with Crippen LogP contribution in [0.3, 0.4) is 0 Å². The van der Waals surface area contributed by atoms with Crippen molar-refractivity contribution in [2.24, 2.45) is 0 Å². The minimum absolute atomic E-state index is 0.0559. The normalized spacial score (nSPS) is 14.9. The summed E-state index contributed by atoms with van der Waals surface area (Å²) in [5, 5.41) is 14.3. The Balaban J connectivity index is 1.86. The number of nitrogens with zero attached hydrogens (tertiary/aromatic N) is 2. The first-order valence-corrected chi connectivity index (χ1v) is 10.4. The number of benzene rings is 2. The predicted octanol–water partition coefficient (Wildman–Crippen LogP) is 3.14. The summed E-state index contributed by atoms with van der Waals surface area (Å²) < 4.78 is 32.5. The molecule has 28 heavy (non-hydrogen) atoms. The van der Waals surface area contributed by atoms with Gasteiger partial charge in [0.2, 0.25) is 10.0 Å². The second kappa shape index (κ2) is 8.68. The fourth-order valence-corrected chi connectivity index (χ4v) is 4.87. The summed E-state index contributed by atoms with van der Waals surface area (Å²) in [5.74, 6) is 0. The average Bonchev–Trinajstić information content (AvgIpc) is 3.23. The number of anilines is 1. The topological polar surface area (TPSA) is 102 Å². The lowest BCUT2D eigenvalue weighted by Gasteiger charge is -2.19. The number of rotatable bonds is 8. The van der Waals surface area contributed by atoms with Crippen LogP contribution in [0.15, 0.2) is 47.4 Å². The number of sulfonamides is 1. The van der Waals surface area contributed by atoms with Crippen LogP contribution in [-0.2, 0) is 27.9 Å². The molecule has 0 radical (unpaired) electrons. The minimum atomic E-state index is -3.79. The second-order valence-corrected chi connectivity index (χ2v) is 8.56.